The number of nitrogens with zero attached hydrogens (tertiary/aromatic N) is 2. The first-order valence-corrected chi connectivity index (χ1v) is 8.40. The van der Waals surface area contributed by atoms with Gasteiger partial charge in [0.05, 0.1) is 31.7 Å². The molecule has 0 saturated carbocycles. The normalized spacial score (nSPS) is 10.4. The van der Waals surface area contributed by atoms with Crippen molar-refractivity contribution in [2.45, 2.75) is 0 Å². The van der Waals surface area contributed by atoms with E-state index in [4.69, 9.17) is 21.1 Å². The molecule has 0 aliphatic carbocycles. The summed E-state index contributed by atoms with van der Waals surface area (Å²) in [6.07, 6.45) is 0. The van der Waals surface area contributed by atoms with Crippen molar-refractivity contribution < 1.29 is 18.7 Å². The minimum atomic E-state index is -0.779. The molecular formula is C19H15ClFN3O4. The molecular weight excluding hydrogens is 389 g/mol. The van der Waals surface area contributed by atoms with Crippen LogP contribution >= 0.6 is 11.6 Å². The molecule has 9 heteroatoms. The van der Waals surface area contributed by atoms with Gasteiger partial charge < -0.3 is 14.8 Å². The van der Waals surface area contributed by atoms with Crippen LogP contribution in [-0.4, -0.2) is 29.9 Å². The number of halogens is 2. The van der Waals surface area contributed by atoms with Crippen LogP contribution in [0.5, 0.6) is 11.6 Å². The number of amides is 1. The van der Waals surface area contributed by atoms with E-state index in [0.29, 0.717) is 10.8 Å². The van der Waals surface area contributed by atoms with Crippen LogP contribution in [0.1, 0.15) is 10.5 Å². The van der Waals surface area contributed by atoms with E-state index in [1.807, 2.05) is 0 Å². The first-order valence-electron chi connectivity index (χ1n) is 8.02. The number of aromatic nitrogens is 2. The fraction of sp³-hybridized carbons (Fsp3) is 0.105. The van der Waals surface area contributed by atoms with Crippen molar-refractivity contribution in [1.29, 1.82) is 0 Å². The van der Waals surface area contributed by atoms with E-state index in [0.717, 1.165) is 10.7 Å². The Hall–Kier alpha value is -3.39. The van der Waals surface area contributed by atoms with Gasteiger partial charge in [-0.25, -0.2) is 9.07 Å². The third-order valence-electron chi connectivity index (χ3n) is 3.78. The summed E-state index contributed by atoms with van der Waals surface area (Å²) in [7, 11) is 2.77. The Morgan fingerprint density at radius 1 is 1.14 bits per heavy atom. The molecule has 0 spiro atoms. The first kappa shape index (κ1) is 19.4. The van der Waals surface area contributed by atoms with Crippen LogP contribution in [-0.2, 0) is 0 Å². The number of carbonyl (C=O) groups excluding carboxylic acids is 1. The zero-order chi connectivity index (χ0) is 20.3. The molecule has 0 radical (unpaired) electrons. The van der Waals surface area contributed by atoms with E-state index < -0.39 is 22.8 Å². The van der Waals surface area contributed by atoms with Gasteiger partial charge in [-0.3, -0.25) is 9.59 Å². The predicted octanol–water partition coefficient (Wildman–Crippen LogP) is 3.29. The van der Waals surface area contributed by atoms with Gasteiger partial charge in [-0.15, -0.1) is 0 Å². The lowest BCUT2D eigenvalue weighted by Crippen LogP contribution is -2.26. The van der Waals surface area contributed by atoms with E-state index in [-0.39, 0.29) is 17.3 Å². The van der Waals surface area contributed by atoms with E-state index >= 15 is 0 Å². The lowest BCUT2D eigenvalue weighted by atomic mass is 10.2. The van der Waals surface area contributed by atoms with Gasteiger partial charge in [0.25, 0.3) is 5.91 Å². The molecule has 0 aliphatic rings. The molecule has 3 aromatic rings. The molecule has 0 saturated heterocycles. The maximum absolute atomic E-state index is 13.6. The second-order valence-corrected chi connectivity index (χ2v) is 6.03. The minimum absolute atomic E-state index is 0.0486. The van der Waals surface area contributed by atoms with Crippen LogP contribution in [0.2, 0.25) is 5.02 Å². The lowest BCUT2D eigenvalue weighted by Gasteiger charge is -2.13. The third-order valence-corrected chi connectivity index (χ3v) is 4.02. The molecule has 7 nitrogen and oxygen atoms in total. The number of benzene rings is 2. The van der Waals surface area contributed by atoms with Crippen LogP contribution in [0.4, 0.5) is 10.1 Å². The number of methoxy groups -OCH3 is 2. The lowest BCUT2D eigenvalue weighted by molar-refractivity contribution is 0.101. The Morgan fingerprint density at radius 2 is 1.93 bits per heavy atom. The van der Waals surface area contributed by atoms with Crippen molar-refractivity contribution >= 4 is 23.2 Å². The van der Waals surface area contributed by atoms with Gasteiger partial charge in [-0.1, -0.05) is 17.7 Å². The van der Waals surface area contributed by atoms with Crippen molar-refractivity contribution in [2.24, 2.45) is 0 Å². The number of anilines is 1. The van der Waals surface area contributed by atoms with E-state index in [1.165, 1.54) is 38.5 Å². The number of carbonyl (C=O) groups is 1. The molecule has 0 bridgehead atoms. The van der Waals surface area contributed by atoms with Crippen molar-refractivity contribution in [1.82, 2.24) is 9.78 Å². The zero-order valence-electron chi connectivity index (χ0n) is 14.9. The van der Waals surface area contributed by atoms with Gasteiger partial charge in [-0.05, 0) is 36.4 Å². The fourth-order valence-corrected chi connectivity index (χ4v) is 2.67. The minimum Gasteiger partial charge on any atom is -0.495 e. The summed E-state index contributed by atoms with van der Waals surface area (Å²) in [6.45, 7) is 0. The van der Waals surface area contributed by atoms with Gasteiger partial charge in [0.1, 0.15) is 11.6 Å². The van der Waals surface area contributed by atoms with Crippen LogP contribution in [0.15, 0.2) is 53.3 Å². The molecule has 2 aromatic carbocycles. The number of nitrogens with one attached hydrogen (secondary N) is 1. The smallest absolute Gasteiger partial charge is 0.280 e. The van der Waals surface area contributed by atoms with Gasteiger partial charge in [0.15, 0.2) is 5.69 Å². The Balaban J connectivity index is 2.05. The number of ether oxygens (including phenoxy) is 2. The molecule has 0 unspecified atom stereocenters. The maximum atomic E-state index is 13.6. The van der Waals surface area contributed by atoms with Crippen LogP contribution in [0.3, 0.4) is 0 Å². The number of hydrogen-bond donors (Lipinski definition) is 1. The molecule has 144 valence electrons. The Kier molecular flexibility index (Phi) is 5.60. The molecule has 0 fully saturated rings. The van der Waals surface area contributed by atoms with Gasteiger partial charge in [0, 0.05) is 5.02 Å². The second-order valence-electron chi connectivity index (χ2n) is 5.59. The SMILES string of the molecule is COc1ccc(Cl)cc1NC(=O)c1nn(-c2cccc(F)c2)c(OC)cc1=O. The average molecular weight is 404 g/mol. The number of hydrogen-bond acceptors (Lipinski definition) is 5. The van der Waals surface area contributed by atoms with Crippen molar-refractivity contribution in [3.05, 3.63) is 75.3 Å². The molecule has 0 atom stereocenters. The van der Waals surface area contributed by atoms with Gasteiger partial charge >= 0.3 is 0 Å². The molecule has 1 amide bonds. The molecule has 1 N–H and O–H groups in total. The first-order chi connectivity index (χ1) is 13.4. The molecule has 3 rings (SSSR count). The monoisotopic (exact) mass is 403 g/mol. The highest BCUT2D eigenvalue weighted by Gasteiger charge is 2.19. The zero-order valence-corrected chi connectivity index (χ0v) is 15.7. The predicted molar refractivity (Wildman–Crippen MR) is 102 cm³/mol. The van der Waals surface area contributed by atoms with Crippen molar-refractivity contribution in [2.75, 3.05) is 19.5 Å². The highest BCUT2D eigenvalue weighted by atomic mass is 35.5. The Bertz CT molecular complexity index is 1100. The number of rotatable bonds is 5. The topological polar surface area (TPSA) is 82.4 Å². The van der Waals surface area contributed by atoms with Crippen LogP contribution in [0, 0.1) is 5.82 Å². The van der Waals surface area contributed by atoms with Gasteiger partial charge in [-0.2, -0.15) is 5.10 Å². The summed E-state index contributed by atoms with van der Waals surface area (Å²) in [6, 6.07) is 11.2. The molecule has 28 heavy (non-hydrogen) atoms. The maximum Gasteiger partial charge on any atom is 0.280 e. The Labute approximate surface area is 164 Å². The highest BCUT2D eigenvalue weighted by molar-refractivity contribution is 6.31. The summed E-state index contributed by atoms with van der Waals surface area (Å²) < 4.78 is 25.1. The Morgan fingerprint density at radius 3 is 2.61 bits per heavy atom. The highest BCUT2D eigenvalue weighted by Crippen LogP contribution is 2.28. The van der Waals surface area contributed by atoms with Crippen molar-refractivity contribution in [3.8, 4) is 17.3 Å². The summed E-state index contributed by atoms with van der Waals surface area (Å²) in [5.74, 6) is -0.878. The third kappa shape index (κ3) is 3.96. The largest absolute Gasteiger partial charge is 0.495 e. The van der Waals surface area contributed by atoms with Crippen LogP contribution in [0.25, 0.3) is 5.69 Å². The summed E-state index contributed by atoms with van der Waals surface area (Å²) >= 11 is 5.95. The average Bonchev–Trinajstić information content (AvgIpc) is 2.67. The summed E-state index contributed by atoms with van der Waals surface area (Å²) in [5, 5.41) is 6.97. The van der Waals surface area contributed by atoms with Gasteiger partial charge in [0.2, 0.25) is 11.3 Å². The van der Waals surface area contributed by atoms with E-state index in [1.54, 1.807) is 18.2 Å². The molecule has 1 heterocycles. The van der Waals surface area contributed by atoms with E-state index in [2.05, 4.69) is 10.4 Å². The summed E-state index contributed by atoms with van der Waals surface area (Å²) in [5.41, 5.74) is -0.518. The second kappa shape index (κ2) is 8.10. The quantitative estimate of drug-likeness (QED) is 0.706. The molecule has 1 aromatic heterocycles. The standard InChI is InChI=1S/C19H15ClFN3O4/c1-27-16-7-6-11(20)8-14(16)22-19(26)18-15(25)10-17(28-2)24(23-18)13-5-3-4-12(21)9-13/h3-10H,1-2H3,(H,22,26). The van der Waals surface area contributed by atoms with E-state index in [9.17, 15) is 14.0 Å². The molecule has 0 aliphatic heterocycles. The fourth-order valence-electron chi connectivity index (χ4n) is 2.50. The van der Waals surface area contributed by atoms with Crippen molar-refractivity contribution in [3.63, 3.8) is 0 Å². The van der Waals surface area contributed by atoms with Crippen LogP contribution < -0.4 is 20.2 Å². The summed E-state index contributed by atoms with van der Waals surface area (Å²) in [4.78, 5) is 25.0.